The highest BCUT2D eigenvalue weighted by molar-refractivity contribution is 5.70. The summed E-state index contributed by atoms with van der Waals surface area (Å²) in [7, 11) is 0. The molecule has 4 heteroatoms. The maximum absolute atomic E-state index is 12.1. The number of carbonyl (C=O) groups is 1. The molecule has 1 N–H and O–H groups in total. The third-order valence-electron chi connectivity index (χ3n) is 3.30. The van der Waals surface area contributed by atoms with Crippen LogP contribution < -0.4 is 0 Å². The summed E-state index contributed by atoms with van der Waals surface area (Å²) < 4.78 is 0. The molecule has 0 spiro atoms. The van der Waals surface area contributed by atoms with Crippen LogP contribution >= 0.6 is 0 Å². The first-order valence-electron chi connectivity index (χ1n) is 5.37. The molecule has 1 unspecified atom stereocenters. The number of hydrogen-bond donors (Lipinski definition) is 1. The summed E-state index contributed by atoms with van der Waals surface area (Å²) in [5.41, 5.74) is -1.06. The molecule has 1 aliphatic heterocycles. The molecule has 1 rings (SSSR count). The minimum Gasteiger partial charge on any atom is -0.481 e. The van der Waals surface area contributed by atoms with Crippen molar-refractivity contribution in [3.63, 3.8) is 0 Å². The fourth-order valence-electron chi connectivity index (χ4n) is 2.45. The number of hydroxylamine groups is 2. The third-order valence-corrected chi connectivity index (χ3v) is 3.30. The highest BCUT2D eigenvalue weighted by Gasteiger charge is 2.44. The second-order valence-electron chi connectivity index (χ2n) is 5.70. The van der Waals surface area contributed by atoms with Crippen LogP contribution in [-0.4, -0.2) is 27.2 Å². The maximum atomic E-state index is 12.1. The number of rotatable bonds is 1. The number of aliphatic carboxylic acids is 1. The predicted molar refractivity (Wildman–Crippen MR) is 55.7 cm³/mol. The number of carboxylic acids is 1. The Bertz CT molecular complexity index is 261. The van der Waals surface area contributed by atoms with Gasteiger partial charge in [-0.05, 0) is 47.0 Å². The Morgan fingerprint density at radius 1 is 1.27 bits per heavy atom. The van der Waals surface area contributed by atoms with Gasteiger partial charge < -0.3 is 5.11 Å². The van der Waals surface area contributed by atoms with Crippen LogP contribution in [0.1, 0.15) is 47.0 Å². The molecule has 15 heavy (non-hydrogen) atoms. The number of nitrogens with zero attached hydrogens (tertiary/aromatic N) is 1. The van der Waals surface area contributed by atoms with Crippen LogP contribution in [0.3, 0.4) is 0 Å². The van der Waals surface area contributed by atoms with E-state index in [9.17, 15) is 10.0 Å². The van der Waals surface area contributed by atoms with Gasteiger partial charge in [0.15, 0.2) is 0 Å². The van der Waals surface area contributed by atoms with Crippen LogP contribution in [0.15, 0.2) is 0 Å². The normalized spacial score (nSPS) is 30.9. The Balaban J connectivity index is 2.94. The van der Waals surface area contributed by atoms with Crippen molar-refractivity contribution in [1.29, 1.82) is 0 Å². The molecule has 4 nitrogen and oxygen atoms in total. The Hall–Kier alpha value is -0.610. The van der Waals surface area contributed by atoms with Crippen LogP contribution in [0.25, 0.3) is 0 Å². The third kappa shape index (κ3) is 2.49. The van der Waals surface area contributed by atoms with Gasteiger partial charge in [-0.25, -0.2) is 0 Å². The van der Waals surface area contributed by atoms with Gasteiger partial charge >= 0.3 is 5.97 Å². The van der Waals surface area contributed by atoms with Crippen molar-refractivity contribution >= 4 is 5.97 Å². The molecule has 1 aliphatic rings. The standard InChI is InChI=1S/C11H20NO3/c1-10(2)6-5-8(9(13)14)7-11(3,4)12(10)15/h8H,5-7H2,1-4H3,(H,13,14). The van der Waals surface area contributed by atoms with E-state index in [2.05, 4.69) is 0 Å². The first kappa shape index (κ1) is 12.5. The van der Waals surface area contributed by atoms with E-state index >= 15 is 0 Å². The maximum Gasteiger partial charge on any atom is 0.306 e. The van der Waals surface area contributed by atoms with Crippen LogP contribution in [0.4, 0.5) is 0 Å². The molecule has 87 valence electrons. The van der Waals surface area contributed by atoms with Crippen molar-refractivity contribution in [3.8, 4) is 0 Å². The second kappa shape index (κ2) is 3.76. The van der Waals surface area contributed by atoms with Crippen molar-refractivity contribution in [1.82, 2.24) is 5.06 Å². The Morgan fingerprint density at radius 2 is 1.80 bits per heavy atom. The van der Waals surface area contributed by atoms with Crippen molar-refractivity contribution < 1.29 is 15.1 Å². The fourth-order valence-corrected chi connectivity index (χ4v) is 2.45. The van der Waals surface area contributed by atoms with E-state index in [4.69, 9.17) is 5.11 Å². The largest absolute Gasteiger partial charge is 0.481 e. The van der Waals surface area contributed by atoms with Crippen molar-refractivity contribution in [2.24, 2.45) is 5.92 Å². The molecule has 1 atom stereocenters. The summed E-state index contributed by atoms with van der Waals surface area (Å²) in [5.74, 6) is -1.17. The molecule has 1 radical (unpaired) electrons. The highest BCUT2D eigenvalue weighted by atomic mass is 16.5. The fraction of sp³-hybridized carbons (Fsp3) is 0.909. The average Bonchev–Trinajstić information content (AvgIpc) is 2.16. The molecule has 0 aromatic rings. The van der Waals surface area contributed by atoms with E-state index in [0.717, 1.165) is 5.06 Å². The van der Waals surface area contributed by atoms with E-state index in [1.807, 2.05) is 27.7 Å². The zero-order chi connectivity index (χ0) is 11.9. The van der Waals surface area contributed by atoms with Crippen LogP contribution in [0.5, 0.6) is 0 Å². The van der Waals surface area contributed by atoms with Crippen LogP contribution in [0.2, 0.25) is 0 Å². The van der Waals surface area contributed by atoms with Crippen LogP contribution in [-0.2, 0) is 10.0 Å². The van der Waals surface area contributed by atoms with Crippen molar-refractivity contribution in [3.05, 3.63) is 0 Å². The van der Waals surface area contributed by atoms with Gasteiger partial charge in [0.1, 0.15) is 0 Å². The summed E-state index contributed by atoms with van der Waals surface area (Å²) in [6.45, 7) is 7.41. The lowest BCUT2D eigenvalue weighted by Gasteiger charge is -2.40. The topological polar surface area (TPSA) is 60.4 Å². The van der Waals surface area contributed by atoms with Gasteiger partial charge in [0, 0.05) is 11.1 Å². The number of hydrogen-bond acceptors (Lipinski definition) is 2. The summed E-state index contributed by atoms with van der Waals surface area (Å²) in [5, 5.41) is 22.2. The Morgan fingerprint density at radius 3 is 2.27 bits per heavy atom. The summed E-state index contributed by atoms with van der Waals surface area (Å²) >= 11 is 0. The molecule has 0 amide bonds. The van der Waals surface area contributed by atoms with Gasteiger partial charge in [-0.15, -0.1) is 10.3 Å². The molecular formula is C11H20NO3. The Kier molecular flexibility index (Phi) is 3.12. The quantitative estimate of drug-likeness (QED) is 0.727. The predicted octanol–water partition coefficient (Wildman–Crippen LogP) is 2.08. The van der Waals surface area contributed by atoms with E-state index in [1.165, 1.54) is 0 Å². The van der Waals surface area contributed by atoms with E-state index in [0.29, 0.717) is 19.3 Å². The van der Waals surface area contributed by atoms with Gasteiger partial charge in [0.2, 0.25) is 0 Å². The van der Waals surface area contributed by atoms with Gasteiger partial charge in [-0.3, -0.25) is 4.79 Å². The molecule has 0 aliphatic carbocycles. The summed E-state index contributed by atoms with van der Waals surface area (Å²) in [4.78, 5) is 11.0. The molecule has 0 aromatic carbocycles. The van der Waals surface area contributed by atoms with Gasteiger partial charge in [-0.1, -0.05) is 0 Å². The molecule has 0 saturated carbocycles. The van der Waals surface area contributed by atoms with Crippen molar-refractivity contribution in [2.75, 3.05) is 0 Å². The zero-order valence-electron chi connectivity index (χ0n) is 9.91. The van der Waals surface area contributed by atoms with Gasteiger partial charge in [-0.2, -0.15) is 0 Å². The van der Waals surface area contributed by atoms with Crippen LogP contribution in [0, 0.1) is 5.92 Å². The number of carboxylic acid groups (broad SMARTS) is 1. The van der Waals surface area contributed by atoms with Crippen molar-refractivity contribution in [2.45, 2.75) is 58.0 Å². The molecule has 0 aromatic heterocycles. The lowest BCUT2D eigenvalue weighted by molar-refractivity contribution is -0.270. The summed E-state index contributed by atoms with van der Waals surface area (Å²) in [6.07, 6.45) is 1.65. The first-order chi connectivity index (χ1) is 6.67. The lowest BCUT2D eigenvalue weighted by atomic mass is 9.90. The van der Waals surface area contributed by atoms with Gasteiger partial charge in [0.25, 0.3) is 0 Å². The Labute approximate surface area is 90.8 Å². The lowest BCUT2D eigenvalue weighted by Crippen LogP contribution is -2.51. The molecule has 0 bridgehead atoms. The smallest absolute Gasteiger partial charge is 0.306 e. The van der Waals surface area contributed by atoms with E-state index in [1.54, 1.807) is 0 Å². The highest BCUT2D eigenvalue weighted by Crippen LogP contribution is 2.37. The molecular weight excluding hydrogens is 194 g/mol. The average molecular weight is 214 g/mol. The molecule has 1 saturated heterocycles. The molecule has 1 heterocycles. The van der Waals surface area contributed by atoms with E-state index < -0.39 is 23.0 Å². The van der Waals surface area contributed by atoms with Gasteiger partial charge in [0.05, 0.1) is 5.92 Å². The zero-order valence-corrected chi connectivity index (χ0v) is 9.91. The minimum absolute atomic E-state index is 0.391. The first-order valence-corrected chi connectivity index (χ1v) is 5.37. The monoisotopic (exact) mass is 214 g/mol. The SMILES string of the molecule is CC1(C)CCC(C(=O)O)CC(C)(C)N1[O]. The molecule has 1 fully saturated rings. The van der Waals surface area contributed by atoms with E-state index in [-0.39, 0.29) is 0 Å². The minimum atomic E-state index is -0.783. The summed E-state index contributed by atoms with van der Waals surface area (Å²) in [6, 6.07) is 0. The second-order valence-corrected chi connectivity index (χ2v) is 5.70.